The summed E-state index contributed by atoms with van der Waals surface area (Å²) in [7, 11) is 0. The molecule has 2 heterocycles. The van der Waals surface area contributed by atoms with E-state index in [1.165, 1.54) is 32.9 Å². The predicted molar refractivity (Wildman–Crippen MR) is 160 cm³/mol. The minimum absolute atomic E-state index is 0.158. The molecule has 3 N–H and O–H groups in total. The lowest BCUT2D eigenvalue weighted by Crippen LogP contribution is -2.60. The number of rotatable bonds is 10. The first-order chi connectivity index (χ1) is 20.8. The van der Waals surface area contributed by atoms with E-state index in [4.69, 9.17) is 27.3 Å². The topological polar surface area (TPSA) is 163 Å². The van der Waals surface area contributed by atoms with Crippen molar-refractivity contribution in [2.75, 3.05) is 46.4 Å². The van der Waals surface area contributed by atoms with E-state index in [0.717, 1.165) is 16.9 Å². The minimum Gasteiger partial charge on any atom is -0.447 e. The Morgan fingerprint density at radius 1 is 1.02 bits per heavy atom. The molecule has 5 rings (SSSR count). The Hall–Kier alpha value is -5.30. The van der Waals surface area contributed by atoms with Crippen LogP contribution in [0.5, 0.6) is 0 Å². The Labute approximate surface area is 251 Å². The smallest absolute Gasteiger partial charge is 0.414 e. The monoisotopic (exact) mass is 602 g/mol. The molecule has 1 unspecified atom stereocenters. The van der Waals surface area contributed by atoms with E-state index in [9.17, 15) is 19.2 Å². The quantitative estimate of drug-likeness (QED) is 0.137. The summed E-state index contributed by atoms with van der Waals surface area (Å²) < 4.78 is 4.98. The number of cyclic esters (lactones) is 1. The van der Waals surface area contributed by atoms with E-state index in [0.29, 0.717) is 24.5 Å². The molecule has 0 radical (unpaired) electrons. The number of halogens is 1. The molecular formula is C29H27ClN8O5. The van der Waals surface area contributed by atoms with Gasteiger partial charge in [-0.1, -0.05) is 47.2 Å². The van der Waals surface area contributed by atoms with E-state index < -0.39 is 42.9 Å². The van der Waals surface area contributed by atoms with Crippen LogP contribution in [0.2, 0.25) is 5.02 Å². The zero-order valence-electron chi connectivity index (χ0n) is 22.8. The lowest BCUT2D eigenvalue weighted by atomic mass is 10.0. The van der Waals surface area contributed by atoms with Crippen molar-refractivity contribution in [3.8, 4) is 0 Å². The van der Waals surface area contributed by atoms with Gasteiger partial charge in [0.25, 0.3) is 0 Å². The molecule has 3 aromatic rings. The van der Waals surface area contributed by atoms with Crippen molar-refractivity contribution in [2.24, 2.45) is 5.22 Å². The number of hydrogen-bond acceptors (Lipinski definition) is 8. The van der Waals surface area contributed by atoms with Gasteiger partial charge < -0.3 is 15.0 Å². The molecule has 3 aromatic carbocycles. The normalized spacial score (nSPS) is 15.7. The van der Waals surface area contributed by atoms with Crippen LogP contribution in [0.1, 0.15) is 5.56 Å². The average molecular weight is 603 g/mol. The van der Waals surface area contributed by atoms with E-state index in [2.05, 4.69) is 10.5 Å². The molecule has 2 aliphatic rings. The molecule has 2 saturated heterocycles. The minimum atomic E-state index is -1.02. The maximum absolute atomic E-state index is 13.7. The van der Waals surface area contributed by atoms with Crippen LogP contribution < -0.4 is 20.1 Å². The number of ether oxygens (including phenoxy) is 1. The SMILES string of the molecule is N=CN(N=N)c1ccc(Cl)cc1N1CC(=O)N(C(Cc2ccccc2)C(=O)Nc2ccc(N3CCOC3=O)cc2)CC1=O. The van der Waals surface area contributed by atoms with Gasteiger partial charge in [0.1, 0.15) is 32.1 Å². The second kappa shape index (κ2) is 12.7. The van der Waals surface area contributed by atoms with Crippen molar-refractivity contribution in [2.45, 2.75) is 12.5 Å². The molecule has 4 amide bonds. The van der Waals surface area contributed by atoms with Gasteiger partial charge in [-0.15, -0.1) is 0 Å². The van der Waals surface area contributed by atoms with E-state index >= 15 is 0 Å². The molecule has 0 aromatic heterocycles. The molecule has 1 atom stereocenters. The van der Waals surface area contributed by atoms with E-state index in [1.54, 1.807) is 24.3 Å². The Morgan fingerprint density at radius 3 is 2.42 bits per heavy atom. The van der Waals surface area contributed by atoms with Crippen LogP contribution in [-0.2, 0) is 25.5 Å². The highest BCUT2D eigenvalue weighted by Crippen LogP contribution is 2.34. The first kappa shape index (κ1) is 29.2. The fourth-order valence-corrected chi connectivity index (χ4v) is 5.12. The molecule has 2 fully saturated rings. The number of anilines is 4. The summed E-state index contributed by atoms with van der Waals surface area (Å²) >= 11 is 6.19. The Morgan fingerprint density at radius 2 is 1.77 bits per heavy atom. The fourth-order valence-electron chi connectivity index (χ4n) is 4.96. The van der Waals surface area contributed by atoms with Crippen LogP contribution in [0, 0.1) is 10.9 Å². The van der Waals surface area contributed by atoms with Crippen LogP contribution >= 0.6 is 11.6 Å². The van der Waals surface area contributed by atoms with Crippen LogP contribution in [0.3, 0.4) is 0 Å². The summed E-state index contributed by atoms with van der Waals surface area (Å²) in [6.45, 7) is -0.0546. The van der Waals surface area contributed by atoms with E-state index in [-0.39, 0.29) is 22.8 Å². The number of hydrogen-bond donors (Lipinski definition) is 3. The van der Waals surface area contributed by atoms with Gasteiger partial charge in [0.05, 0.1) is 17.9 Å². The number of carbonyl (C=O) groups excluding carboxylic acids is 4. The maximum atomic E-state index is 13.7. The first-order valence-electron chi connectivity index (χ1n) is 13.2. The molecule has 2 aliphatic heterocycles. The molecule has 0 spiro atoms. The Balaban J connectivity index is 1.39. The number of carbonyl (C=O) groups is 4. The number of amides is 4. The van der Waals surface area contributed by atoms with Crippen molar-refractivity contribution in [1.29, 1.82) is 10.9 Å². The van der Waals surface area contributed by atoms with E-state index in [1.807, 2.05) is 30.3 Å². The second-order valence-electron chi connectivity index (χ2n) is 9.72. The lowest BCUT2D eigenvalue weighted by Gasteiger charge is -2.38. The largest absolute Gasteiger partial charge is 0.447 e. The van der Waals surface area contributed by atoms with Crippen LogP contribution in [0.15, 0.2) is 78.0 Å². The van der Waals surface area contributed by atoms with Gasteiger partial charge in [-0.2, -0.15) is 5.53 Å². The summed E-state index contributed by atoms with van der Waals surface area (Å²) in [6.07, 6.45) is 0.517. The van der Waals surface area contributed by atoms with Crippen molar-refractivity contribution >= 4 is 64.5 Å². The lowest BCUT2D eigenvalue weighted by molar-refractivity contribution is -0.143. The molecule has 0 saturated carbocycles. The summed E-state index contributed by atoms with van der Waals surface area (Å²) in [6, 6.07) is 19.3. The highest BCUT2D eigenvalue weighted by atomic mass is 35.5. The summed E-state index contributed by atoms with van der Waals surface area (Å²) in [5, 5.41) is 14.9. The van der Waals surface area contributed by atoms with Gasteiger partial charge in [0, 0.05) is 22.8 Å². The summed E-state index contributed by atoms with van der Waals surface area (Å²) in [4.78, 5) is 56.6. The second-order valence-corrected chi connectivity index (χ2v) is 10.2. The highest BCUT2D eigenvalue weighted by Gasteiger charge is 2.39. The standard InChI is InChI=1S/C29H27ClN8O5/c30-20-6-11-23(38(18-31)34-32)24(15-20)36-16-27(40)37(17-26(36)39)25(14-19-4-2-1-3-5-19)28(41)33-21-7-9-22(10-8-21)35-12-13-43-29(35)42/h1-11,15,18,25,31-32H,12-14,16-17H2,(H,33,41). The van der Waals surface area contributed by atoms with Gasteiger partial charge in [-0.3, -0.25) is 29.6 Å². The molecule has 0 bridgehead atoms. The highest BCUT2D eigenvalue weighted by molar-refractivity contribution is 6.31. The molecule has 0 aliphatic carbocycles. The number of nitrogens with zero attached hydrogens (tertiary/aromatic N) is 5. The third-order valence-corrected chi connectivity index (χ3v) is 7.32. The first-order valence-corrected chi connectivity index (χ1v) is 13.6. The van der Waals surface area contributed by atoms with Gasteiger partial charge >= 0.3 is 6.09 Å². The molecule has 14 heteroatoms. The number of piperazine rings is 1. The van der Waals surface area contributed by atoms with Crippen molar-refractivity contribution in [1.82, 2.24) is 4.90 Å². The van der Waals surface area contributed by atoms with Gasteiger partial charge in [-0.25, -0.2) is 9.80 Å². The summed E-state index contributed by atoms with van der Waals surface area (Å²) in [5.74, 6) is -1.45. The third kappa shape index (κ3) is 6.31. The average Bonchev–Trinajstić information content (AvgIpc) is 3.44. The zero-order valence-corrected chi connectivity index (χ0v) is 23.5. The third-order valence-electron chi connectivity index (χ3n) is 7.08. The molecule has 13 nitrogen and oxygen atoms in total. The van der Waals surface area contributed by atoms with Gasteiger partial charge in [0.15, 0.2) is 0 Å². The van der Waals surface area contributed by atoms with Gasteiger partial charge in [0.2, 0.25) is 17.7 Å². The Kier molecular flexibility index (Phi) is 8.62. The summed E-state index contributed by atoms with van der Waals surface area (Å²) in [5.41, 5.74) is 9.66. The number of nitrogens with one attached hydrogen (secondary N) is 3. The predicted octanol–water partition coefficient (Wildman–Crippen LogP) is 4.08. The molecule has 220 valence electrons. The van der Waals surface area contributed by atoms with Crippen LogP contribution in [0.4, 0.5) is 27.5 Å². The zero-order chi connectivity index (χ0) is 30.5. The molecular weight excluding hydrogens is 576 g/mol. The maximum Gasteiger partial charge on any atom is 0.414 e. The van der Waals surface area contributed by atoms with Crippen molar-refractivity contribution < 1.29 is 23.9 Å². The fraction of sp³-hybridized carbons (Fsp3) is 0.207. The van der Waals surface area contributed by atoms with Crippen LogP contribution in [-0.4, -0.2) is 67.3 Å². The van der Waals surface area contributed by atoms with Crippen molar-refractivity contribution in [3.63, 3.8) is 0 Å². The number of benzene rings is 3. The van der Waals surface area contributed by atoms with Gasteiger partial charge in [-0.05, 0) is 48.0 Å². The van der Waals surface area contributed by atoms with Crippen LogP contribution in [0.25, 0.3) is 0 Å². The van der Waals surface area contributed by atoms with Crippen molar-refractivity contribution in [3.05, 3.63) is 83.4 Å². The molecule has 43 heavy (non-hydrogen) atoms. The Bertz CT molecular complexity index is 1560.